The average molecular weight is 1070 g/mol. The molecule has 2 aromatic heterocycles. The van der Waals surface area contributed by atoms with Gasteiger partial charge in [0.2, 0.25) is 6.71 Å². The van der Waals surface area contributed by atoms with E-state index in [1.54, 1.807) is 0 Å². The number of benzene rings is 12. The lowest BCUT2D eigenvalue weighted by molar-refractivity contribution is 0.482. The lowest BCUT2D eigenvalue weighted by Gasteiger charge is -2.45. The van der Waals surface area contributed by atoms with Crippen molar-refractivity contribution in [2.75, 3.05) is 14.7 Å². The first-order valence-corrected chi connectivity index (χ1v) is 28.6. The Morgan fingerprint density at radius 1 is 0.305 bits per heavy atom. The molecule has 18 rings (SSSR count). The molecule has 0 saturated heterocycles. The fraction of sp³-hybridized carbons (Fsp3) is 0. The molecule has 82 heavy (non-hydrogen) atoms. The van der Waals surface area contributed by atoms with Gasteiger partial charge in [0.1, 0.15) is 34.2 Å². The highest BCUT2D eigenvalue weighted by Gasteiger charge is 2.48. The van der Waals surface area contributed by atoms with Crippen LogP contribution in [-0.4, -0.2) is 13.4 Å². The zero-order chi connectivity index (χ0) is 53.6. The van der Waals surface area contributed by atoms with Crippen molar-refractivity contribution in [3.05, 3.63) is 261 Å². The largest absolute Gasteiger partial charge is 0.457 e. The van der Waals surface area contributed by atoms with Gasteiger partial charge in [-0.15, -0.1) is 0 Å². The Morgan fingerprint density at radius 3 is 1.29 bits per heavy atom. The Labute approximate surface area is 477 Å². The van der Waals surface area contributed by atoms with Crippen LogP contribution in [0.1, 0.15) is 0 Å². The number of furan rings is 2. The monoisotopic (exact) mass is 1070 g/mol. The zero-order valence-corrected chi connectivity index (χ0v) is 44.7. The van der Waals surface area contributed by atoms with Gasteiger partial charge in [0.05, 0.1) is 11.4 Å². The van der Waals surface area contributed by atoms with Crippen LogP contribution in [0.5, 0.6) is 23.0 Å². The average Bonchev–Trinajstić information content (AvgIpc) is 3.42. The van der Waals surface area contributed by atoms with E-state index in [2.05, 4.69) is 203 Å². The molecular formula is C72H43B2N3O4S. The van der Waals surface area contributed by atoms with Crippen molar-refractivity contribution in [3.63, 3.8) is 0 Å². The van der Waals surface area contributed by atoms with Crippen LogP contribution in [0.2, 0.25) is 0 Å². The molecule has 0 amide bonds. The van der Waals surface area contributed by atoms with Crippen LogP contribution in [0.15, 0.2) is 279 Å². The van der Waals surface area contributed by atoms with E-state index >= 15 is 0 Å². The molecular weight excluding hydrogens is 1020 g/mol. The van der Waals surface area contributed by atoms with Crippen molar-refractivity contribution in [3.8, 4) is 23.0 Å². The van der Waals surface area contributed by atoms with Crippen LogP contribution < -0.4 is 57.0 Å². The summed E-state index contributed by atoms with van der Waals surface area (Å²) in [7, 11) is 0. The molecule has 382 valence electrons. The van der Waals surface area contributed by atoms with E-state index < -0.39 is 0 Å². The fourth-order valence-electron chi connectivity index (χ4n) is 13.6. The van der Waals surface area contributed by atoms with Crippen LogP contribution in [-0.2, 0) is 0 Å². The Hall–Kier alpha value is -10.3. The summed E-state index contributed by atoms with van der Waals surface area (Å²) in [6, 6.07) is 92.6. The van der Waals surface area contributed by atoms with Crippen molar-refractivity contribution in [2.45, 2.75) is 9.79 Å². The maximum Gasteiger partial charge on any atom is 0.252 e. The van der Waals surface area contributed by atoms with Crippen LogP contribution in [0.3, 0.4) is 0 Å². The first-order valence-electron chi connectivity index (χ1n) is 27.8. The molecule has 0 N–H and O–H groups in total. The number of fused-ring (bicyclic) bond motifs is 16. The molecule has 4 aliphatic rings. The van der Waals surface area contributed by atoms with Gasteiger partial charge >= 0.3 is 0 Å². The standard InChI is InChI=1S/C72H43B2N3O4S/c1-6-20-44(21-7-1)75-61-43-65-58(74-56-31-17-19-33-60(56)77(46-24-10-3-11-25-46)70-68(74)66(82-65)41-54-52-37-35-50(39-64(52)81-72(54)70)79-48-28-14-5-15-29-48)42-57(61)73-55-30-16-18-32-59(55)76(45-22-8-2-9-23-45)69-67(73)62(75)40-53-51-36-34-49(38-63(51)80-71(53)69)78-47-26-12-4-13-27-47/h1-43H. The number of para-hydroxylation sites is 7. The molecule has 0 unspecified atom stereocenters. The summed E-state index contributed by atoms with van der Waals surface area (Å²) < 4.78 is 27.4. The summed E-state index contributed by atoms with van der Waals surface area (Å²) in [4.78, 5) is 9.81. The van der Waals surface area contributed by atoms with Gasteiger partial charge in [-0.1, -0.05) is 151 Å². The number of anilines is 9. The van der Waals surface area contributed by atoms with Gasteiger partial charge in [0.15, 0.2) is 11.2 Å². The first-order chi connectivity index (χ1) is 40.7. The van der Waals surface area contributed by atoms with Crippen LogP contribution in [0.4, 0.5) is 51.2 Å². The third kappa shape index (κ3) is 6.70. The Kier molecular flexibility index (Phi) is 9.79. The van der Waals surface area contributed by atoms with Gasteiger partial charge in [0, 0.05) is 83.3 Å². The smallest absolute Gasteiger partial charge is 0.252 e. The van der Waals surface area contributed by atoms with Crippen molar-refractivity contribution < 1.29 is 18.3 Å². The highest BCUT2D eigenvalue weighted by molar-refractivity contribution is 8.00. The van der Waals surface area contributed by atoms with E-state index in [-0.39, 0.29) is 13.4 Å². The highest BCUT2D eigenvalue weighted by atomic mass is 32.2. The minimum atomic E-state index is -0.174. The van der Waals surface area contributed by atoms with Crippen molar-refractivity contribution in [1.82, 2.24) is 0 Å². The maximum atomic E-state index is 7.29. The summed E-state index contributed by atoms with van der Waals surface area (Å²) in [5, 5.41) is 4.15. The second kappa shape index (κ2) is 17.6. The lowest BCUT2D eigenvalue weighted by atomic mass is 9.31. The predicted molar refractivity (Wildman–Crippen MR) is 338 cm³/mol. The van der Waals surface area contributed by atoms with E-state index in [9.17, 15) is 0 Å². The Morgan fingerprint density at radius 2 is 0.756 bits per heavy atom. The molecule has 0 atom stereocenters. The minimum Gasteiger partial charge on any atom is -0.457 e. The summed E-state index contributed by atoms with van der Waals surface area (Å²) >= 11 is 1.87. The van der Waals surface area contributed by atoms with E-state index in [1.807, 2.05) is 84.6 Å². The van der Waals surface area contributed by atoms with Crippen LogP contribution >= 0.6 is 11.8 Å². The fourth-order valence-corrected chi connectivity index (χ4v) is 14.8. The lowest BCUT2D eigenvalue weighted by Crippen LogP contribution is -2.64. The summed E-state index contributed by atoms with van der Waals surface area (Å²) in [6.45, 7) is -0.306. The summed E-state index contributed by atoms with van der Waals surface area (Å²) in [6.07, 6.45) is 0. The van der Waals surface area contributed by atoms with Crippen LogP contribution in [0.25, 0.3) is 43.9 Å². The van der Waals surface area contributed by atoms with Gasteiger partial charge in [-0.05, 0) is 143 Å². The molecule has 0 bridgehead atoms. The van der Waals surface area contributed by atoms with Crippen molar-refractivity contribution >= 4 is 153 Å². The predicted octanol–water partition coefficient (Wildman–Crippen LogP) is 15.9. The molecule has 0 radical (unpaired) electrons. The molecule has 14 aromatic rings. The quantitative estimate of drug-likeness (QED) is 0.146. The van der Waals surface area contributed by atoms with Gasteiger partial charge in [-0.2, -0.15) is 0 Å². The summed E-state index contributed by atoms with van der Waals surface area (Å²) in [5.41, 5.74) is 20.4. The number of hydrogen-bond donors (Lipinski definition) is 0. The third-order valence-electron chi connectivity index (χ3n) is 16.9. The Bertz CT molecular complexity index is 4940. The number of hydrogen-bond acceptors (Lipinski definition) is 8. The summed E-state index contributed by atoms with van der Waals surface area (Å²) in [5.74, 6) is 2.98. The van der Waals surface area contributed by atoms with Gasteiger partial charge in [0.25, 0.3) is 6.71 Å². The topological polar surface area (TPSA) is 54.5 Å². The molecule has 0 aliphatic carbocycles. The van der Waals surface area contributed by atoms with Gasteiger partial charge < -0.3 is 33.0 Å². The molecule has 0 saturated carbocycles. The SMILES string of the molecule is c1ccc(Oc2ccc3c(c2)oc2c4c5c(cc23)Sc2cc3c(cc2B5c2ccccc2N4c2ccccc2)B2c4ccccc4N(c4ccccc4)c4c2c(cc2c4oc4cc(Oc5ccccc5)ccc42)N3c2ccccc2)cc1. The number of nitrogens with zero attached hydrogens (tertiary/aromatic N) is 3. The number of ether oxygens (including phenoxy) is 2. The third-order valence-corrected chi connectivity index (χ3v) is 18.1. The molecule has 4 aliphatic heterocycles. The van der Waals surface area contributed by atoms with Gasteiger partial charge in [-0.3, -0.25) is 0 Å². The van der Waals surface area contributed by atoms with Gasteiger partial charge in [-0.25, -0.2) is 0 Å². The molecule has 6 heterocycles. The van der Waals surface area contributed by atoms with Crippen molar-refractivity contribution in [1.29, 1.82) is 0 Å². The molecule has 7 nitrogen and oxygen atoms in total. The molecule has 12 aromatic carbocycles. The van der Waals surface area contributed by atoms with E-state index in [1.165, 1.54) is 42.6 Å². The second-order valence-electron chi connectivity index (χ2n) is 21.4. The molecule has 10 heteroatoms. The maximum absolute atomic E-state index is 7.29. The molecule has 0 fully saturated rings. The highest BCUT2D eigenvalue weighted by Crippen LogP contribution is 2.52. The van der Waals surface area contributed by atoms with E-state index in [0.717, 1.165) is 112 Å². The van der Waals surface area contributed by atoms with E-state index in [0.29, 0.717) is 5.75 Å². The van der Waals surface area contributed by atoms with Crippen molar-refractivity contribution in [2.24, 2.45) is 0 Å². The minimum absolute atomic E-state index is 0.131. The second-order valence-corrected chi connectivity index (χ2v) is 22.5. The van der Waals surface area contributed by atoms with E-state index in [4.69, 9.17) is 18.3 Å². The van der Waals surface area contributed by atoms with Crippen LogP contribution in [0, 0.1) is 0 Å². The Balaban J connectivity index is 0.907. The first kappa shape index (κ1) is 45.6. The normalized spacial score (nSPS) is 13.4. The number of rotatable bonds is 7. The zero-order valence-electron chi connectivity index (χ0n) is 43.9. The molecule has 0 spiro atoms.